The maximum atomic E-state index is 12.1. The van der Waals surface area contributed by atoms with Crippen molar-refractivity contribution in [2.45, 2.75) is 51.4 Å². The van der Waals surface area contributed by atoms with Crippen LogP contribution in [-0.2, 0) is 23.9 Å². The topological polar surface area (TPSA) is 118 Å². The van der Waals surface area contributed by atoms with Crippen LogP contribution in [0.2, 0.25) is 0 Å². The van der Waals surface area contributed by atoms with Gasteiger partial charge in [0.15, 0.2) is 0 Å². The molecule has 0 fully saturated rings. The van der Waals surface area contributed by atoms with Gasteiger partial charge in [-0.05, 0) is 25.7 Å². The van der Waals surface area contributed by atoms with Crippen LogP contribution in [0.15, 0.2) is 24.3 Å². The Kier molecular flexibility index (Phi) is 5.77. The first kappa shape index (κ1) is 18.9. The molecule has 0 aromatic rings. The fraction of sp³-hybridized carbons (Fsp3) is 0.556. The lowest BCUT2D eigenvalue weighted by Crippen LogP contribution is -2.29. The molecular weight excluding hydrogens is 328 g/mol. The standard InChI is InChI=1S/C18H22O7/c19-13(20)9-17(5-1-2-6-17)11-15(23)25-16(24)12-18(10-14(21)22)7-3-4-8-18/h1,3,5,7H,2,4,6,8-12H2,(H,19,20)(H,21,22). The summed E-state index contributed by atoms with van der Waals surface area (Å²) in [4.78, 5) is 46.2. The Bertz CT molecular complexity index is 579. The van der Waals surface area contributed by atoms with Crippen molar-refractivity contribution in [1.82, 2.24) is 0 Å². The molecule has 0 aromatic heterocycles. The summed E-state index contributed by atoms with van der Waals surface area (Å²) >= 11 is 0. The Morgan fingerprint density at radius 3 is 1.44 bits per heavy atom. The van der Waals surface area contributed by atoms with Crippen LogP contribution in [0.5, 0.6) is 0 Å². The predicted molar refractivity (Wildman–Crippen MR) is 86.5 cm³/mol. The molecule has 0 aromatic carbocycles. The number of esters is 2. The average Bonchev–Trinajstić information content (AvgIpc) is 3.07. The smallest absolute Gasteiger partial charge is 0.314 e. The summed E-state index contributed by atoms with van der Waals surface area (Å²) in [6, 6.07) is 0. The van der Waals surface area contributed by atoms with Gasteiger partial charge < -0.3 is 14.9 Å². The number of hydrogen-bond acceptors (Lipinski definition) is 5. The molecule has 2 aliphatic rings. The normalized spacial score (nSPS) is 27.4. The maximum Gasteiger partial charge on any atom is 0.314 e. The molecule has 0 heterocycles. The summed E-state index contributed by atoms with van der Waals surface area (Å²) in [5.41, 5.74) is -1.62. The largest absolute Gasteiger partial charge is 0.481 e. The highest BCUT2D eigenvalue weighted by atomic mass is 16.6. The highest BCUT2D eigenvalue weighted by Gasteiger charge is 2.38. The quantitative estimate of drug-likeness (QED) is 0.392. The zero-order valence-corrected chi connectivity index (χ0v) is 13.9. The van der Waals surface area contributed by atoms with E-state index in [9.17, 15) is 19.2 Å². The van der Waals surface area contributed by atoms with Crippen molar-refractivity contribution >= 4 is 23.9 Å². The van der Waals surface area contributed by atoms with Crippen LogP contribution in [0.25, 0.3) is 0 Å². The minimum Gasteiger partial charge on any atom is -0.481 e. The van der Waals surface area contributed by atoms with Gasteiger partial charge in [0, 0.05) is 10.8 Å². The fourth-order valence-corrected chi connectivity index (χ4v) is 3.67. The maximum absolute atomic E-state index is 12.1. The second-order valence-electron chi connectivity index (χ2n) is 6.95. The van der Waals surface area contributed by atoms with Crippen LogP contribution >= 0.6 is 0 Å². The molecule has 0 amide bonds. The number of aliphatic carboxylic acids is 2. The molecule has 2 atom stereocenters. The van der Waals surface area contributed by atoms with Gasteiger partial charge in [0.1, 0.15) is 0 Å². The van der Waals surface area contributed by atoms with Crippen LogP contribution in [0.3, 0.4) is 0 Å². The molecule has 2 N–H and O–H groups in total. The van der Waals surface area contributed by atoms with E-state index in [2.05, 4.69) is 0 Å². The first-order chi connectivity index (χ1) is 11.7. The van der Waals surface area contributed by atoms with Gasteiger partial charge in [0.2, 0.25) is 0 Å². The lowest BCUT2D eigenvalue weighted by Gasteiger charge is -2.25. The Hall–Kier alpha value is -2.44. The number of hydrogen-bond donors (Lipinski definition) is 2. The molecule has 0 radical (unpaired) electrons. The number of allylic oxidation sites excluding steroid dienone is 4. The average molecular weight is 350 g/mol. The van der Waals surface area contributed by atoms with Crippen molar-refractivity contribution in [1.29, 1.82) is 0 Å². The lowest BCUT2D eigenvalue weighted by molar-refractivity contribution is -0.162. The highest BCUT2D eigenvalue weighted by molar-refractivity contribution is 5.87. The summed E-state index contributed by atoms with van der Waals surface area (Å²) in [7, 11) is 0. The van der Waals surface area contributed by atoms with Gasteiger partial charge in [-0.3, -0.25) is 19.2 Å². The molecule has 0 saturated heterocycles. The van der Waals surface area contributed by atoms with E-state index in [-0.39, 0.29) is 25.7 Å². The Labute approximate surface area is 145 Å². The predicted octanol–water partition coefficient (Wildman–Crippen LogP) is 2.46. The van der Waals surface area contributed by atoms with Crippen LogP contribution in [0, 0.1) is 10.8 Å². The van der Waals surface area contributed by atoms with E-state index < -0.39 is 34.7 Å². The third kappa shape index (κ3) is 5.27. The molecule has 25 heavy (non-hydrogen) atoms. The first-order valence-electron chi connectivity index (χ1n) is 8.27. The number of carbonyl (C=O) groups excluding carboxylic acids is 2. The zero-order valence-electron chi connectivity index (χ0n) is 13.9. The summed E-state index contributed by atoms with van der Waals surface area (Å²) in [5, 5.41) is 18.1. The van der Waals surface area contributed by atoms with E-state index in [0.717, 1.165) is 0 Å². The Balaban J connectivity index is 1.94. The molecular formula is C18H22O7. The van der Waals surface area contributed by atoms with E-state index in [1.54, 1.807) is 12.2 Å². The third-order valence-corrected chi connectivity index (χ3v) is 4.79. The van der Waals surface area contributed by atoms with Crippen molar-refractivity contribution in [2.75, 3.05) is 0 Å². The van der Waals surface area contributed by atoms with Crippen molar-refractivity contribution in [3.63, 3.8) is 0 Å². The molecule has 0 spiro atoms. The van der Waals surface area contributed by atoms with Gasteiger partial charge in [-0.1, -0.05) is 24.3 Å². The van der Waals surface area contributed by atoms with Crippen molar-refractivity contribution in [3.8, 4) is 0 Å². The van der Waals surface area contributed by atoms with Gasteiger partial charge in [0.05, 0.1) is 25.7 Å². The molecule has 0 bridgehead atoms. The van der Waals surface area contributed by atoms with Crippen LogP contribution in [-0.4, -0.2) is 34.1 Å². The number of rotatable bonds is 8. The van der Waals surface area contributed by atoms with Gasteiger partial charge in [-0.2, -0.15) is 0 Å². The van der Waals surface area contributed by atoms with E-state index in [1.165, 1.54) is 0 Å². The van der Waals surface area contributed by atoms with Gasteiger partial charge in [-0.15, -0.1) is 0 Å². The van der Waals surface area contributed by atoms with Gasteiger partial charge in [-0.25, -0.2) is 0 Å². The zero-order chi connectivity index (χ0) is 18.5. The summed E-state index contributed by atoms with van der Waals surface area (Å²) in [6.45, 7) is 0. The monoisotopic (exact) mass is 350 g/mol. The molecule has 7 nitrogen and oxygen atoms in total. The number of carboxylic acids is 2. The molecule has 136 valence electrons. The van der Waals surface area contributed by atoms with Gasteiger partial charge >= 0.3 is 23.9 Å². The molecule has 2 rings (SSSR count). The molecule has 7 heteroatoms. The molecule has 2 aliphatic carbocycles. The number of carbonyl (C=O) groups is 4. The minimum atomic E-state index is -1.01. The fourth-order valence-electron chi connectivity index (χ4n) is 3.67. The minimum absolute atomic E-state index is 0.177. The van der Waals surface area contributed by atoms with Gasteiger partial charge in [0.25, 0.3) is 0 Å². The van der Waals surface area contributed by atoms with Crippen LogP contribution in [0.4, 0.5) is 0 Å². The van der Waals surface area contributed by atoms with E-state index in [4.69, 9.17) is 14.9 Å². The second-order valence-corrected chi connectivity index (χ2v) is 6.95. The van der Waals surface area contributed by atoms with Crippen molar-refractivity contribution < 1.29 is 34.1 Å². The first-order valence-corrected chi connectivity index (χ1v) is 8.27. The summed E-state index contributed by atoms with van der Waals surface area (Å²) in [5.74, 6) is -3.57. The van der Waals surface area contributed by atoms with Crippen LogP contribution < -0.4 is 0 Å². The summed E-state index contributed by atoms with van der Waals surface area (Å²) < 4.78 is 4.86. The number of carboxylic acid groups (broad SMARTS) is 2. The van der Waals surface area contributed by atoms with Crippen molar-refractivity contribution in [3.05, 3.63) is 24.3 Å². The van der Waals surface area contributed by atoms with Crippen LogP contribution in [0.1, 0.15) is 51.4 Å². The molecule has 0 saturated carbocycles. The summed E-state index contributed by atoms with van der Waals surface area (Å²) in [6.07, 6.45) is 8.72. The van der Waals surface area contributed by atoms with E-state index >= 15 is 0 Å². The second kappa shape index (κ2) is 7.63. The van der Waals surface area contributed by atoms with E-state index in [1.807, 2.05) is 12.2 Å². The van der Waals surface area contributed by atoms with E-state index in [0.29, 0.717) is 25.7 Å². The third-order valence-electron chi connectivity index (χ3n) is 4.79. The van der Waals surface area contributed by atoms with Crippen molar-refractivity contribution in [2.24, 2.45) is 10.8 Å². The Morgan fingerprint density at radius 1 is 0.760 bits per heavy atom. The SMILES string of the molecule is O=C(O)CC1(CC(=O)OC(=O)CC2(CC(=O)O)C=CCC2)C=CCC1. The Morgan fingerprint density at radius 2 is 1.16 bits per heavy atom. The molecule has 2 unspecified atom stereocenters. The highest BCUT2D eigenvalue weighted by Crippen LogP contribution is 2.41. The molecule has 0 aliphatic heterocycles. The lowest BCUT2D eigenvalue weighted by atomic mass is 9.80. The number of ether oxygens (including phenoxy) is 1.